The zero-order valence-electron chi connectivity index (χ0n) is 13.8. The summed E-state index contributed by atoms with van der Waals surface area (Å²) in [7, 11) is 1.21. The number of phenolic OH excluding ortho intramolecular Hbond substituents is 1. The van der Waals surface area contributed by atoms with Gasteiger partial charge in [-0.1, -0.05) is 23.2 Å². The Hall–Kier alpha value is -2.97. The number of esters is 1. The van der Waals surface area contributed by atoms with Crippen LogP contribution in [0.3, 0.4) is 0 Å². The van der Waals surface area contributed by atoms with Gasteiger partial charge in [-0.25, -0.2) is 9.59 Å². The summed E-state index contributed by atoms with van der Waals surface area (Å²) in [6.45, 7) is -0.171. The molecule has 0 saturated carbocycles. The lowest BCUT2D eigenvalue weighted by atomic mass is 10.2. The second kappa shape index (κ2) is 7.34. The summed E-state index contributed by atoms with van der Waals surface area (Å²) < 4.78 is 9.79. The number of furan rings is 1. The highest BCUT2D eigenvalue weighted by atomic mass is 35.5. The van der Waals surface area contributed by atoms with Gasteiger partial charge in [0.05, 0.1) is 23.7 Å². The minimum atomic E-state index is -0.667. The van der Waals surface area contributed by atoms with Crippen molar-refractivity contribution in [2.24, 2.45) is 0 Å². The summed E-state index contributed by atoms with van der Waals surface area (Å²) >= 11 is 11.7. The van der Waals surface area contributed by atoms with Crippen molar-refractivity contribution < 1.29 is 28.6 Å². The van der Waals surface area contributed by atoms with E-state index in [1.807, 2.05) is 0 Å². The molecule has 2 heterocycles. The van der Waals surface area contributed by atoms with Crippen molar-refractivity contribution in [3.63, 3.8) is 0 Å². The number of imide groups is 1. The molecule has 0 atom stereocenters. The van der Waals surface area contributed by atoms with Crippen molar-refractivity contribution in [3.8, 4) is 5.75 Å². The Morgan fingerprint density at radius 1 is 1.30 bits per heavy atom. The molecule has 2 aromatic rings. The third-order valence-corrected chi connectivity index (χ3v) is 4.25. The van der Waals surface area contributed by atoms with E-state index >= 15 is 0 Å². The first kappa shape index (κ1) is 18.8. The Balaban J connectivity index is 1.81. The van der Waals surface area contributed by atoms with E-state index in [1.54, 1.807) is 0 Å². The third kappa shape index (κ3) is 3.76. The minimum absolute atomic E-state index is 0.00225. The lowest BCUT2D eigenvalue weighted by molar-refractivity contribution is -0.123. The summed E-state index contributed by atoms with van der Waals surface area (Å²) in [5.41, 5.74) is 0.414. The van der Waals surface area contributed by atoms with Gasteiger partial charge in [0.2, 0.25) is 5.76 Å². The van der Waals surface area contributed by atoms with Crippen molar-refractivity contribution in [2.75, 3.05) is 7.11 Å². The van der Waals surface area contributed by atoms with E-state index < -0.39 is 17.9 Å². The van der Waals surface area contributed by atoms with Gasteiger partial charge in [0, 0.05) is 0 Å². The Labute approximate surface area is 162 Å². The van der Waals surface area contributed by atoms with Gasteiger partial charge < -0.3 is 19.6 Å². The molecule has 1 fully saturated rings. The number of phenols is 1. The van der Waals surface area contributed by atoms with Crippen LogP contribution >= 0.6 is 23.2 Å². The van der Waals surface area contributed by atoms with Gasteiger partial charge in [-0.05, 0) is 35.9 Å². The number of amides is 3. The van der Waals surface area contributed by atoms with E-state index in [1.165, 1.54) is 37.5 Å². The average Bonchev–Trinajstić information content (AvgIpc) is 3.20. The Morgan fingerprint density at radius 3 is 2.59 bits per heavy atom. The summed E-state index contributed by atoms with van der Waals surface area (Å²) in [6.07, 6.45) is 1.37. The van der Waals surface area contributed by atoms with E-state index in [0.717, 1.165) is 4.90 Å². The summed E-state index contributed by atoms with van der Waals surface area (Å²) in [5, 5.41) is 12.0. The molecular formula is C17H12Cl2N2O6. The highest BCUT2D eigenvalue weighted by Crippen LogP contribution is 2.33. The van der Waals surface area contributed by atoms with Crippen LogP contribution < -0.4 is 5.32 Å². The standard InChI is InChI=1S/C17H12Cl2N2O6/c1-26-16(24)13-3-2-9(27-13)7-21-15(23)12(20-17(21)25)6-8-4-10(18)14(22)11(19)5-8/h2-6,22H,7H2,1H3,(H,20,25). The Morgan fingerprint density at radius 2 is 1.96 bits per heavy atom. The predicted molar refractivity (Wildman–Crippen MR) is 95.2 cm³/mol. The smallest absolute Gasteiger partial charge is 0.373 e. The van der Waals surface area contributed by atoms with E-state index in [-0.39, 0.29) is 39.6 Å². The highest BCUT2D eigenvalue weighted by molar-refractivity contribution is 6.37. The molecule has 10 heteroatoms. The molecule has 3 rings (SSSR count). The molecule has 1 aromatic heterocycles. The lowest BCUT2D eigenvalue weighted by Crippen LogP contribution is -2.30. The van der Waals surface area contributed by atoms with Crippen molar-refractivity contribution in [1.29, 1.82) is 0 Å². The molecule has 1 aliphatic heterocycles. The Bertz CT molecular complexity index is 959. The number of nitrogens with zero attached hydrogens (tertiary/aromatic N) is 1. The Kier molecular flexibility index (Phi) is 5.11. The molecule has 0 unspecified atom stereocenters. The average molecular weight is 411 g/mol. The fraction of sp³-hybridized carbons (Fsp3) is 0.118. The monoisotopic (exact) mass is 410 g/mol. The van der Waals surface area contributed by atoms with Gasteiger partial charge >= 0.3 is 12.0 Å². The van der Waals surface area contributed by atoms with E-state index in [0.29, 0.717) is 5.56 Å². The van der Waals surface area contributed by atoms with Gasteiger partial charge in [0.25, 0.3) is 5.91 Å². The van der Waals surface area contributed by atoms with Gasteiger partial charge in [0.1, 0.15) is 11.5 Å². The molecule has 3 amide bonds. The second-order valence-corrected chi connectivity index (χ2v) is 6.28. The molecule has 0 aliphatic carbocycles. The van der Waals surface area contributed by atoms with Crippen LogP contribution in [0.1, 0.15) is 21.9 Å². The van der Waals surface area contributed by atoms with Crippen molar-refractivity contribution in [3.05, 3.63) is 57.1 Å². The number of methoxy groups -OCH3 is 1. The van der Waals surface area contributed by atoms with Gasteiger partial charge in [-0.15, -0.1) is 0 Å². The van der Waals surface area contributed by atoms with Crippen LogP contribution in [-0.2, 0) is 16.1 Å². The number of rotatable bonds is 4. The molecule has 0 bridgehead atoms. The maximum atomic E-state index is 12.5. The lowest BCUT2D eigenvalue weighted by Gasteiger charge is -2.09. The largest absolute Gasteiger partial charge is 0.505 e. The van der Waals surface area contributed by atoms with Crippen LogP contribution in [0.4, 0.5) is 4.79 Å². The maximum absolute atomic E-state index is 12.5. The number of benzene rings is 1. The molecule has 0 radical (unpaired) electrons. The van der Waals surface area contributed by atoms with E-state index in [2.05, 4.69) is 10.1 Å². The van der Waals surface area contributed by atoms with Gasteiger partial charge in [-0.2, -0.15) is 0 Å². The molecule has 27 heavy (non-hydrogen) atoms. The van der Waals surface area contributed by atoms with Crippen LogP contribution in [0.2, 0.25) is 10.0 Å². The molecule has 8 nitrogen and oxygen atoms in total. The maximum Gasteiger partial charge on any atom is 0.373 e. The zero-order chi connectivity index (χ0) is 19.7. The number of nitrogens with one attached hydrogen (secondary N) is 1. The van der Waals surface area contributed by atoms with Crippen LogP contribution in [0.25, 0.3) is 6.08 Å². The van der Waals surface area contributed by atoms with Crippen LogP contribution in [-0.4, -0.2) is 35.0 Å². The number of hydrogen-bond donors (Lipinski definition) is 2. The molecule has 1 saturated heterocycles. The highest BCUT2D eigenvalue weighted by Gasteiger charge is 2.34. The summed E-state index contributed by atoms with van der Waals surface area (Å²) in [5.74, 6) is -1.35. The molecule has 140 valence electrons. The van der Waals surface area contributed by atoms with E-state index in [9.17, 15) is 19.5 Å². The predicted octanol–water partition coefficient (Wildman–Crippen LogP) is 3.17. The first-order valence-electron chi connectivity index (χ1n) is 7.49. The SMILES string of the molecule is COC(=O)c1ccc(CN2C(=O)NC(=Cc3cc(Cl)c(O)c(Cl)c3)C2=O)o1. The number of carbonyl (C=O) groups excluding carboxylic acids is 3. The van der Waals surface area contributed by atoms with Gasteiger partial charge in [-0.3, -0.25) is 9.69 Å². The second-order valence-electron chi connectivity index (χ2n) is 5.47. The summed E-state index contributed by atoms with van der Waals surface area (Å²) in [6, 6.07) is 4.99. The number of urea groups is 1. The first-order valence-corrected chi connectivity index (χ1v) is 8.25. The van der Waals surface area contributed by atoms with Crippen molar-refractivity contribution in [1.82, 2.24) is 10.2 Å². The normalized spacial score (nSPS) is 15.4. The van der Waals surface area contributed by atoms with E-state index in [4.69, 9.17) is 27.6 Å². The number of hydrogen-bond acceptors (Lipinski definition) is 6. The number of carbonyl (C=O) groups is 3. The first-order chi connectivity index (χ1) is 12.8. The minimum Gasteiger partial charge on any atom is -0.505 e. The fourth-order valence-electron chi connectivity index (χ4n) is 2.38. The molecular weight excluding hydrogens is 399 g/mol. The van der Waals surface area contributed by atoms with Gasteiger partial charge in [0.15, 0.2) is 5.75 Å². The van der Waals surface area contributed by atoms with Crippen LogP contribution in [0.15, 0.2) is 34.4 Å². The zero-order valence-corrected chi connectivity index (χ0v) is 15.3. The molecule has 1 aliphatic rings. The van der Waals surface area contributed by atoms with Crippen molar-refractivity contribution in [2.45, 2.75) is 6.54 Å². The quantitative estimate of drug-likeness (QED) is 0.455. The fourth-order valence-corrected chi connectivity index (χ4v) is 2.88. The molecule has 0 spiro atoms. The van der Waals surface area contributed by atoms with Crippen LogP contribution in [0.5, 0.6) is 5.75 Å². The number of ether oxygens (including phenoxy) is 1. The van der Waals surface area contributed by atoms with Crippen LogP contribution in [0, 0.1) is 0 Å². The molecule has 1 aromatic carbocycles. The molecule has 2 N–H and O–H groups in total. The third-order valence-electron chi connectivity index (χ3n) is 3.67. The number of halogens is 2. The summed E-state index contributed by atoms with van der Waals surface area (Å²) in [4.78, 5) is 36.9. The van der Waals surface area contributed by atoms with Crippen molar-refractivity contribution >= 4 is 47.2 Å². The number of aromatic hydroxyl groups is 1. The topological polar surface area (TPSA) is 109 Å².